The van der Waals surface area contributed by atoms with E-state index in [-0.39, 0.29) is 27.7 Å². The molecule has 0 saturated heterocycles. The molecule has 1 saturated carbocycles. The van der Waals surface area contributed by atoms with Crippen LogP contribution in [0.5, 0.6) is 23.0 Å². The Hall–Kier alpha value is -3.31. The number of methoxy groups -OCH3 is 2. The van der Waals surface area contributed by atoms with Gasteiger partial charge in [0, 0.05) is 32.9 Å². The Morgan fingerprint density at radius 1 is 0.675 bits per heavy atom. The van der Waals surface area contributed by atoms with Gasteiger partial charge in [0.1, 0.15) is 23.0 Å². The van der Waals surface area contributed by atoms with E-state index in [1.807, 2.05) is 30.3 Å². The first-order valence-corrected chi connectivity index (χ1v) is 15.1. The van der Waals surface area contributed by atoms with Crippen LogP contribution in [0.3, 0.4) is 0 Å². The van der Waals surface area contributed by atoms with E-state index in [0.717, 1.165) is 41.2 Å². The summed E-state index contributed by atoms with van der Waals surface area (Å²) < 4.78 is 11.0. The predicted molar refractivity (Wildman–Crippen MR) is 165 cm³/mol. The third kappa shape index (κ3) is 4.04. The molecule has 208 valence electrons. The van der Waals surface area contributed by atoms with Crippen molar-refractivity contribution < 1.29 is 19.7 Å². The number of thioether (sulfide) groups is 1. The SMILES string of the molecule is COc1ccc(-c2cc3c(O)cc4c(c3cc2O)-c2ccc(SC)cc2C42CC(C)(C)CC(C)(C)C2)c(OC)c1. The van der Waals surface area contributed by atoms with Gasteiger partial charge in [0.15, 0.2) is 0 Å². The Bertz CT molecular complexity index is 1650. The fourth-order valence-electron chi connectivity index (χ4n) is 8.25. The summed E-state index contributed by atoms with van der Waals surface area (Å²) in [5.74, 6) is 1.65. The fraction of sp³-hybridized carbons (Fsp3) is 0.371. The van der Waals surface area contributed by atoms with Crippen LogP contribution in [0.4, 0.5) is 0 Å². The van der Waals surface area contributed by atoms with Crippen molar-refractivity contribution in [3.63, 3.8) is 0 Å². The van der Waals surface area contributed by atoms with Crippen LogP contribution in [0.2, 0.25) is 0 Å². The molecule has 6 rings (SSSR count). The maximum Gasteiger partial charge on any atom is 0.130 e. The highest BCUT2D eigenvalue weighted by molar-refractivity contribution is 7.98. The van der Waals surface area contributed by atoms with Gasteiger partial charge in [-0.15, -0.1) is 11.8 Å². The fourth-order valence-corrected chi connectivity index (χ4v) is 8.69. The third-order valence-corrected chi connectivity index (χ3v) is 9.70. The minimum atomic E-state index is -0.208. The van der Waals surface area contributed by atoms with Crippen LogP contribution in [0, 0.1) is 10.8 Å². The van der Waals surface area contributed by atoms with Crippen LogP contribution in [-0.2, 0) is 5.41 Å². The van der Waals surface area contributed by atoms with Gasteiger partial charge >= 0.3 is 0 Å². The molecule has 0 unspecified atom stereocenters. The van der Waals surface area contributed by atoms with Gasteiger partial charge in [0.2, 0.25) is 0 Å². The van der Waals surface area contributed by atoms with Crippen LogP contribution in [0.25, 0.3) is 33.0 Å². The largest absolute Gasteiger partial charge is 0.507 e. The van der Waals surface area contributed by atoms with Crippen molar-refractivity contribution in [2.75, 3.05) is 20.5 Å². The number of fused-ring (bicyclic) bond motifs is 7. The Morgan fingerprint density at radius 2 is 1.38 bits per heavy atom. The molecule has 1 spiro atoms. The van der Waals surface area contributed by atoms with E-state index in [0.29, 0.717) is 17.1 Å². The molecule has 1 fully saturated rings. The van der Waals surface area contributed by atoms with Gasteiger partial charge in [-0.1, -0.05) is 33.8 Å². The Morgan fingerprint density at radius 3 is 2.02 bits per heavy atom. The summed E-state index contributed by atoms with van der Waals surface area (Å²) in [6.07, 6.45) is 5.31. The van der Waals surface area contributed by atoms with Crippen LogP contribution < -0.4 is 9.47 Å². The average molecular weight is 555 g/mol. The van der Waals surface area contributed by atoms with Gasteiger partial charge in [-0.3, -0.25) is 0 Å². The lowest BCUT2D eigenvalue weighted by atomic mass is 9.52. The van der Waals surface area contributed by atoms with E-state index in [1.54, 1.807) is 32.0 Å². The molecule has 2 N–H and O–H groups in total. The van der Waals surface area contributed by atoms with E-state index in [9.17, 15) is 10.2 Å². The molecular formula is C35H38O4S. The predicted octanol–water partition coefficient (Wildman–Crippen LogP) is 9.16. The topological polar surface area (TPSA) is 58.9 Å². The number of ether oxygens (including phenoxy) is 2. The lowest BCUT2D eigenvalue weighted by molar-refractivity contribution is 0.0644. The van der Waals surface area contributed by atoms with Crippen molar-refractivity contribution in [2.45, 2.75) is 57.3 Å². The summed E-state index contributed by atoms with van der Waals surface area (Å²) in [7, 11) is 3.22. The van der Waals surface area contributed by atoms with Gasteiger partial charge < -0.3 is 19.7 Å². The van der Waals surface area contributed by atoms with Crippen LogP contribution in [0.15, 0.2) is 59.5 Å². The number of phenolic OH excluding ortho intramolecular Hbond substituents is 2. The first-order chi connectivity index (χ1) is 18.9. The quantitative estimate of drug-likeness (QED) is 0.246. The molecule has 2 aliphatic rings. The van der Waals surface area contributed by atoms with E-state index in [2.05, 4.69) is 52.1 Å². The van der Waals surface area contributed by atoms with Crippen molar-refractivity contribution >= 4 is 22.5 Å². The summed E-state index contributed by atoms with van der Waals surface area (Å²) in [5, 5.41) is 24.7. The first kappa shape index (κ1) is 26.9. The molecular weight excluding hydrogens is 516 g/mol. The number of rotatable bonds is 4. The smallest absolute Gasteiger partial charge is 0.130 e. The zero-order valence-corrected chi connectivity index (χ0v) is 25.3. The van der Waals surface area contributed by atoms with Crippen molar-refractivity contribution in [3.05, 3.63) is 65.7 Å². The molecule has 0 aliphatic heterocycles. The van der Waals surface area contributed by atoms with Crippen molar-refractivity contribution in [2.24, 2.45) is 10.8 Å². The molecule has 0 aromatic heterocycles. The van der Waals surface area contributed by atoms with Crippen LogP contribution in [0.1, 0.15) is 58.1 Å². The molecule has 4 aromatic rings. The van der Waals surface area contributed by atoms with Gasteiger partial charge in [-0.25, -0.2) is 0 Å². The molecule has 0 heterocycles. The molecule has 4 aromatic carbocycles. The third-order valence-electron chi connectivity index (χ3n) is 8.98. The molecule has 5 heteroatoms. The summed E-state index contributed by atoms with van der Waals surface area (Å²) in [4.78, 5) is 1.25. The van der Waals surface area contributed by atoms with Crippen LogP contribution >= 0.6 is 11.8 Å². The molecule has 0 bridgehead atoms. The highest BCUT2D eigenvalue weighted by atomic mass is 32.2. The normalized spacial score (nSPS) is 18.0. The second kappa shape index (κ2) is 9.10. The molecule has 0 atom stereocenters. The highest BCUT2D eigenvalue weighted by Crippen LogP contribution is 2.65. The Balaban J connectivity index is 1.65. The van der Waals surface area contributed by atoms with E-state index >= 15 is 0 Å². The zero-order chi connectivity index (χ0) is 28.6. The van der Waals surface area contributed by atoms with Crippen molar-refractivity contribution in [3.8, 4) is 45.3 Å². The molecule has 4 nitrogen and oxygen atoms in total. The lowest BCUT2D eigenvalue weighted by Crippen LogP contribution is -2.43. The van der Waals surface area contributed by atoms with Gasteiger partial charge in [-0.2, -0.15) is 0 Å². The standard InChI is InChI=1S/C35H38O4S/c1-33(2)17-34(3,4)19-35(18-33)27-13-21(40-7)9-11-23(27)32-26-15-29(36)24(14-25(26)30(37)16-28(32)35)22-10-8-20(38-5)12-31(22)39-6/h8-16,36-37H,17-19H2,1-7H3. The maximum atomic E-state index is 11.6. The first-order valence-electron chi connectivity index (χ1n) is 13.9. The molecule has 2 aliphatic carbocycles. The lowest BCUT2D eigenvalue weighted by Gasteiger charge is -2.51. The monoisotopic (exact) mass is 554 g/mol. The minimum Gasteiger partial charge on any atom is -0.507 e. The number of aromatic hydroxyl groups is 2. The number of hydrogen-bond donors (Lipinski definition) is 2. The van der Waals surface area contributed by atoms with Crippen LogP contribution in [-0.4, -0.2) is 30.7 Å². The summed E-state index contributed by atoms with van der Waals surface area (Å²) >= 11 is 1.77. The van der Waals surface area contributed by atoms with E-state index in [4.69, 9.17) is 9.47 Å². The second-order valence-corrected chi connectivity index (χ2v) is 14.0. The summed E-state index contributed by atoms with van der Waals surface area (Å²) in [6.45, 7) is 9.53. The molecule has 40 heavy (non-hydrogen) atoms. The van der Waals surface area contributed by atoms with Gasteiger partial charge in [0.05, 0.1) is 14.2 Å². The zero-order valence-electron chi connectivity index (χ0n) is 24.4. The number of phenols is 2. The second-order valence-electron chi connectivity index (χ2n) is 13.2. The average Bonchev–Trinajstić information content (AvgIpc) is 3.13. The summed E-state index contributed by atoms with van der Waals surface area (Å²) in [6, 6.07) is 18.1. The number of hydrogen-bond acceptors (Lipinski definition) is 5. The Labute approximate surface area is 241 Å². The maximum absolute atomic E-state index is 11.6. The highest BCUT2D eigenvalue weighted by Gasteiger charge is 2.53. The Kier molecular flexibility index (Phi) is 6.12. The van der Waals surface area contributed by atoms with Crippen molar-refractivity contribution in [1.29, 1.82) is 0 Å². The van der Waals surface area contributed by atoms with Crippen molar-refractivity contribution in [1.82, 2.24) is 0 Å². The van der Waals surface area contributed by atoms with Gasteiger partial charge in [0.25, 0.3) is 0 Å². The van der Waals surface area contributed by atoms with Gasteiger partial charge in [-0.05, 0) is 106 Å². The number of benzene rings is 4. The molecule has 0 amide bonds. The summed E-state index contributed by atoms with van der Waals surface area (Å²) in [5.41, 5.74) is 6.28. The minimum absolute atomic E-state index is 0.136. The van der Waals surface area contributed by atoms with E-state index < -0.39 is 0 Å². The van der Waals surface area contributed by atoms with E-state index in [1.165, 1.54) is 21.6 Å². The molecule has 0 radical (unpaired) electrons.